The SMILES string of the molecule is CCN(CC)C1CCNC1.CCOc1ccccc1-c1nc(C)c(C=O)s1. The van der Waals surface area contributed by atoms with Crippen molar-refractivity contribution < 1.29 is 9.53 Å². The van der Waals surface area contributed by atoms with E-state index in [1.165, 1.54) is 43.9 Å². The van der Waals surface area contributed by atoms with Gasteiger partial charge in [0, 0.05) is 12.6 Å². The summed E-state index contributed by atoms with van der Waals surface area (Å²) < 4.78 is 5.55. The maximum absolute atomic E-state index is 10.8. The van der Waals surface area contributed by atoms with E-state index in [-0.39, 0.29) is 0 Å². The first-order valence-electron chi connectivity index (χ1n) is 9.74. The molecular formula is C21H31N3O2S. The van der Waals surface area contributed by atoms with Gasteiger partial charge in [0.05, 0.1) is 22.7 Å². The third-order valence-electron chi connectivity index (χ3n) is 4.72. The summed E-state index contributed by atoms with van der Waals surface area (Å²) in [5.74, 6) is 0.807. The van der Waals surface area contributed by atoms with Crippen molar-refractivity contribution in [2.24, 2.45) is 0 Å². The summed E-state index contributed by atoms with van der Waals surface area (Å²) in [4.78, 5) is 18.4. The van der Waals surface area contributed by atoms with Crippen LogP contribution in [0.2, 0.25) is 0 Å². The normalized spacial score (nSPS) is 16.1. The van der Waals surface area contributed by atoms with E-state index in [2.05, 4.69) is 29.0 Å². The molecule has 2 aromatic rings. The summed E-state index contributed by atoms with van der Waals surface area (Å²) >= 11 is 1.39. The van der Waals surface area contributed by atoms with Crippen molar-refractivity contribution >= 4 is 17.6 Å². The lowest BCUT2D eigenvalue weighted by molar-refractivity contribution is 0.112. The lowest BCUT2D eigenvalue weighted by Crippen LogP contribution is -2.36. The largest absolute Gasteiger partial charge is 0.493 e. The van der Waals surface area contributed by atoms with Gasteiger partial charge in [-0.05, 0) is 52.0 Å². The number of likely N-dealkylation sites (N-methyl/N-ethyl adjacent to an activating group) is 1. The average molecular weight is 390 g/mol. The molecule has 27 heavy (non-hydrogen) atoms. The Morgan fingerprint density at radius 1 is 1.30 bits per heavy atom. The number of aldehydes is 1. The predicted molar refractivity (Wildman–Crippen MR) is 113 cm³/mol. The lowest BCUT2D eigenvalue weighted by Gasteiger charge is -2.24. The van der Waals surface area contributed by atoms with Gasteiger partial charge in [0.1, 0.15) is 10.8 Å². The topological polar surface area (TPSA) is 54.5 Å². The fourth-order valence-corrected chi connectivity index (χ4v) is 4.16. The summed E-state index contributed by atoms with van der Waals surface area (Å²) in [6, 6.07) is 8.55. The summed E-state index contributed by atoms with van der Waals surface area (Å²) in [7, 11) is 0. The Bertz CT molecular complexity index is 707. The first-order chi connectivity index (χ1) is 13.1. The number of rotatable bonds is 7. The number of carbonyl (C=O) groups is 1. The number of hydrogen-bond acceptors (Lipinski definition) is 6. The van der Waals surface area contributed by atoms with Crippen LogP contribution in [-0.2, 0) is 0 Å². The zero-order chi connectivity index (χ0) is 19.6. The molecule has 1 N–H and O–H groups in total. The van der Waals surface area contributed by atoms with Crippen molar-refractivity contribution in [2.45, 2.75) is 40.2 Å². The quantitative estimate of drug-likeness (QED) is 0.725. The number of para-hydroxylation sites is 1. The molecule has 0 radical (unpaired) electrons. The van der Waals surface area contributed by atoms with E-state index in [4.69, 9.17) is 4.74 Å². The monoisotopic (exact) mass is 389 g/mol. The smallest absolute Gasteiger partial charge is 0.161 e. The molecule has 0 amide bonds. The summed E-state index contributed by atoms with van der Waals surface area (Å²) in [5, 5.41) is 4.21. The third kappa shape index (κ3) is 5.86. The van der Waals surface area contributed by atoms with Gasteiger partial charge in [0.2, 0.25) is 0 Å². The first kappa shape index (κ1) is 21.5. The first-order valence-corrected chi connectivity index (χ1v) is 10.6. The third-order valence-corrected chi connectivity index (χ3v) is 5.84. The maximum atomic E-state index is 10.8. The molecule has 1 aromatic carbocycles. The van der Waals surface area contributed by atoms with Gasteiger partial charge in [0.25, 0.3) is 0 Å². The van der Waals surface area contributed by atoms with Crippen molar-refractivity contribution in [3.8, 4) is 16.3 Å². The molecule has 1 aromatic heterocycles. The standard InChI is InChI=1S/C13H13NO2S.C8H18N2/c1-3-16-11-7-5-4-6-10(11)13-14-9(2)12(8-15)17-13;1-3-10(4-2)8-5-6-9-7-8/h4-8H,3H2,1-2H3;8-9H,3-7H2,1-2H3. The number of carbonyl (C=O) groups excluding carboxylic acids is 1. The fourth-order valence-electron chi connectivity index (χ4n) is 3.25. The van der Waals surface area contributed by atoms with Gasteiger partial charge in [-0.25, -0.2) is 4.98 Å². The highest BCUT2D eigenvalue weighted by molar-refractivity contribution is 7.16. The fraction of sp³-hybridized carbons (Fsp3) is 0.524. The minimum Gasteiger partial charge on any atom is -0.493 e. The number of thiazole rings is 1. The number of nitrogens with one attached hydrogen (secondary N) is 1. The second-order valence-electron chi connectivity index (χ2n) is 6.38. The number of aromatic nitrogens is 1. The molecule has 1 aliphatic rings. The molecule has 1 unspecified atom stereocenters. The van der Waals surface area contributed by atoms with Crippen molar-refractivity contribution in [1.82, 2.24) is 15.2 Å². The summed E-state index contributed by atoms with van der Waals surface area (Å²) in [6.45, 7) is 13.7. The molecule has 2 heterocycles. The van der Waals surface area contributed by atoms with Crippen LogP contribution in [0.1, 0.15) is 42.6 Å². The van der Waals surface area contributed by atoms with Crippen LogP contribution in [0.15, 0.2) is 24.3 Å². The molecule has 1 fully saturated rings. The van der Waals surface area contributed by atoms with Gasteiger partial charge in [-0.2, -0.15) is 0 Å². The van der Waals surface area contributed by atoms with Crippen LogP contribution in [0.5, 0.6) is 5.75 Å². The van der Waals surface area contributed by atoms with Crippen molar-refractivity contribution in [3.63, 3.8) is 0 Å². The Labute approximate surface area is 166 Å². The van der Waals surface area contributed by atoms with Gasteiger partial charge < -0.3 is 10.1 Å². The Kier molecular flexibility index (Phi) is 8.91. The molecule has 0 aliphatic carbocycles. The molecule has 148 valence electrons. The molecule has 3 rings (SSSR count). The molecular weight excluding hydrogens is 358 g/mol. The van der Waals surface area contributed by atoms with Crippen LogP contribution in [0.25, 0.3) is 10.6 Å². The molecule has 6 heteroatoms. The van der Waals surface area contributed by atoms with Crippen LogP contribution in [0.4, 0.5) is 0 Å². The number of aryl methyl sites for hydroxylation is 1. The van der Waals surface area contributed by atoms with Crippen LogP contribution in [-0.4, -0.2) is 55.0 Å². The van der Waals surface area contributed by atoms with E-state index in [1.54, 1.807) is 0 Å². The Morgan fingerprint density at radius 3 is 2.59 bits per heavy atom. The number of benzene rings is 1. The number of hydrogen-bond donors (Lipinski definition) is 1. The van der Waals surface area contributed by atoms with Crippen LogP contribution in [0, 0.1) is 6.92 Å². The van der Waals surface area contributed by atoms with E-state index in [9.17, 15) is 4.79 Å². The van der Waals surface area contributed by atoms with E-state index in [0.29, 0.717) is 11.5 Å². The highest BCUT2D eigenvalue weighted by Crippen LogP contribution is 2.33. The van der Waals surface area contributed by atoms with E-state index >= 15 is 0 Å². The molecule has 0 spiro atoms. The molecule has 1 atom stereocenters. The minimum absolute atomic E-state index is 0.613. The van der Waals surface area contributed by atoms with Crippen LogP contribution in [0.3, 0.4) is 0 Å². The molecule has 1 saturated heterocycles. The predicted octanol–water partition coefficient (Wildman–Crippen LogP) is 4.02. The van der Waals surface area contributed by atoms with E-state index in [0.717, 1.165) is 34.3 Å². The zero-order valence-electron chi connectivity index (χ0n) is 16.8. The van der Waals surface area contributed by atoms with Crippen molar-refractivity contribution in [1.29, 1.82) is 0 Å². The van der Waals surface area contributed by atoms with Gasteiger partial charge >= 0.3 is 0 Å². The molecule has 0 saturated carbocycles. The number of ether oxygens (including phenoxy) is 1. The number of nitrogens with zero attached hydrogens (tertiary/aromatic N) is 2. The zero-order valence-corrected chi connectivity index (χ0v) is 17.6. The minimum atomic E-state index is 0.613. The highest BCUT2D eigenvalue weighted by Gasteiger charge is 2.18. The Hall–Kier alpha value is -1.76. The van der Waals surface area contributed by atoms with Gasteiger partial charge in [-0.3, -0.25) is 9.69 Å². The summed E-state index contributed by atoms with van der Waals surface area (Å²) in [6.07, 6.45) is 2.18. The lowest BCUT2D eigenvalue weighted by atomic mass is 10.2. The van der Waals surface area contributed by atoms with Crippen molar-refractivity contribution in [2.75, 3.05) is 32.8 Å². The molecule has 1 aliphatic heterocycles. The Morgan fingerprint density at radius 2 is 2.04 bits per heavy atom. The average Bonchev–Trinajstić information content (AvgIpc) is 3.34. The maximum Gasteiger partial charge on any atom is 0.161 e. The van der Waals surface area contributed by atoms with Gasteiger partial charge in [0.15, 0.2) is 6.29 Å². The second kappa shape index (κ2) is 11.2. The van der Waals surface area contributed by atoms with E-state index < -0.39 is 0 Å². The van der Waals surface area contributed by atoms with Gasteiger partial charge in [-0.1, -0.05) is 26.0 Å². The Balaban J connectivity index is 0.000000223. The van der Waals surface area contributed by atoms with Gasteiger partial charge in [-0.15, -0.1) is 11.3 Å². The van der Waals surface area contributed by atoms with Crippen molar-refractivity contribution in [3.05, 3.63) is 34.8 Å². The van der Waals surface area contributed by atoms with E-state index in [1.807, 2.05) is 38.1 Å². The highest BCUT2D eigenvalue weighted by atomic mass is 32.1. The second-order valence-corrected chi connectivity index (χ2v) is 7.41. The molecule has 0 bridgehead atoms. The summed E-state index contributed by atoms with van der Waals surface area (Å²) in [5.41, 5.74) is 1.71. The van der Waals surface area contributed by atoms with Crippen LogP contribution >= 0.6 is 11.3 Å². The molecule has 5 nitrogen and oxygen atoms in total. The van der Waals surface area contributed by atoms with Crippen LogP contribution < -0.4 is 10.1 Å².